The molecule has 1 rings (SSSR count). The molecule has 0 amide bonds. The van der Waals surface area contributed by atoms with Crippen molar-refractivity contribution >= 4 is 18.1 Å². The molecule has 0 aliphatic rings. The molecule has 0 spiro atoms. The number of anilines is 1. The highest BCUT2D eigenvalue weighted by molar-refractivity contribution is 5.72. The molecule has 0 bridgehead atoms. The van der Waals surface area contributed by atoms with Crippen molar-refractivity contribution in [2.24, 2.45) is 4.99 Å². The summed E-state index contributed by atoms with van der Waals surface area (Å²) in [4.78, 5) is 6.27. The van der Waals surface area contributed by atoms with Crippen LogP contribution in [0.25, 0.3) is 0 Å². The highest BCUT2D eigenvalue weighted by Crippen LogP contribution is 2.31. The van der Waals surface area contributed by atoms with Crippen LogP contribution in [0.4, 0.5) is 11.4 Å². The van der Waals surface area contributed by atoms with E-state index in [-0.39, 0.29) is 0 Å². The topological polar surface area (TPSA) is 15.6 Å². The van der Waals surface area contributed by atoms with Gasteiger partial charge in [-0.1, -0.05) is 30.9 Å². The molecule has 2 heteroatoms. The van der Waals surface area contributed by atoms with Gasteiger partial charge in [0.1, 0.15) is 0 Å². The molecule has 0 unspecified atom stereocenters. The van der Waals surface area contributed by atoms with Crippen LogP contribution in [-0.2, 0) is 0 Å². The first-order valence-electron chi connectivity index (χ1n) is 5.69. The van der Waals surface area contributed by atoms with Crippen LogP contribution in [0.2, 0.25) is 0 Å². The number of aryl methyl sites for hydroxylation is 1. The lowest BCUT2D eigenvalue weighted by Crippen LogP contribution is -2.19. The summed E-state index contributed by atoms with van der Waals surface area (Å²) in [6.07, 6.45) is 3.95. The Kier molecular flexibility index (Phi) is 4.70. The van der Waals surface area contributed by atoms with E-state index in [1.54, 1.807) is 0 Å². The Morgan fingerprint density at radius 3 is 2.71 bits per heavy atom. The van der Waals surface area contributed by atoms with E-state index in [0.717, 1.165) is 23.5 Å². The molecule has 0 saturated heterocycles. The Balaban J connectivity index is 3.04. The first-order chi connectivity index (χ1) is 8.13. The molecule has 17 heavy (non-hydrogen) atoms. The normalized spacial score (nSPS) is 11.1. The molecule has 0 N–H and O–H groups in total. The standard InChI is InChI=1S/C15H20N2/c1-6-13(7-2)11-17(5)14-10-8-9-12(3)15(14)16-4/h6-10H,1,4,11H2,2-3,5H3/b13-7+. The lowest BCUT2D eigenvalue weighted by molar-refractivity contribution is 0.998. The monoisotopic (exact) mass is 228 g/mol. The van der Waals surface area contributed by atoms with E-state index >= 15 is 0 Å². The zero-order chi connectivity index (χ0) is 12.8. The van der Waals surface area contributed by atoms with Crippen molar-refractivity contribution in [3.63, 3.8) is 0 Å². The molecule has 0 radical (unpaired) electrons. The van der Waals surface area contributed by atoms with E-state index in [2.05, 4.69) is 42.4 Å². The maximum absolute atomic E-state index is 4.11. The largest absolute Gasteiger partial charge is 0.369 e. The number of rotatable bonds is 5. The van der Waals surface area contributed by atoms with Crippen LogP contribution in [0, 0.1) is 6.92 Å². The Morgan fingerprint density at radius 1 is 1.47 bits per heavy atom. The highest BCUT2D eigenvalue weighted by atomic mass is 15.1. The van der Waals surface area contributed by atoms with Gasteiger partial charge < -0.3 is 4.90 Å². The van der Waals surface area contributed by atoms with Crippen LogP contribution in [-0.4, -0.2) is 20.3 Å². The van der Waals surface area contributed by atoms with Crippen LogP contribution < -0.4 is 4.90 Å². The predicted octanol–water partition coefficient (Wildman–Crippen LogP) is 3.90. The number of allylic oxidation sites excluding steroid dienone is 1. The number of para-hydroxylation sites is 1. The van der Waals surface area contributed by atoms with E-state index in [1.165, 1.54) is 5.57 Å². The van der Waals surface area contributed by atoms with Gasteiger partial charge in [-0.2, -0.15) is 0 Å². The van der Waals surface area contributed by atoms with Gasteiger partial charge in [-0.05, 0) is 37.8 Å². The third-order valence-electron chi connectivity index (χ3n) is 2.84. The van der Waals surface area contributed by atoms with Gasteiger partial charge in [0.15, 0.2) is 0 Å². The number of benzene rings is 1. The second-order valence-corrected chi connectivity index (χ2v) is 4.02. The van der Waals surface area contributed by atoms with Gasteiger partial charge in [0, 0.05) is 13.6 Å². The third kappa shape index (κ3) is 3.06. The molecule has 0 aliphatic heterocycles. The van der Waals surface area contributed by atoms with Crippen LogP contribution in [0.15, 0.2) is 47.5 Å². The van der Waals surface area contributed by atoms with Crippen molar-refractivity contribution in [3.8, 4) is 0 Å². The SMILES string of the molecule is C=C/C(=C\C)CN(C)c1cccc(C)c1N=C. The molecule has 0 atom stereocenters. The van der Waals surface area contributed by atoms with Crippen molar-refractivity contribution in [1.82, 2.24) is 0 Å². The van der Waals surface area contributed by atoms with Crippen molar-refractivity contribution < 1.29 is 0 Å². The molecule has 0 fully saturated rings. The number of nitrogens with zero attached hydrogens (tertiary/aromatic N) is 2. The first kappa shape index (κ1) is 13.2. The molecule has 90 valence electrons. The molecule has 2 nitrogen and oxygen atoms in total. The molecule has 0 aromatic heterocycles. The lowest BCUT2D eigenvalue weighted by atomic mass is 10.1. The summed E-state index contributed by atoms with van der Waals surface area (Å²) in [6, 6.07) is 6.15. The minimum absolute atomic E-state index is 0.825. The van der Waals surface area contributed by atoms with Crippen LogP contribution in [0.1, 0.15) is 12.5 Å². The maximum atomic E-state index is 4.11. The van der Waals surface area contributed by atoms with Gasteiger partial charge in [0.2, 0.25) is 0 Å². The van der Waals surface area contributed by atoms with Gasteiger partial charge >= 0.3 is 0 Å². The number of aliphatic imine (C=N–C) groups is 1. The number of hydrogen-bond acceptors (Lipinski definition) is 2. The van der Waals surface area contributed by atoms with Gasteiger partial charge in [-0.15, -0.1) is 0 Å². The van der Waals surface area contributed by atoms with Gasteiger partial charge in [-0.25, -0.2) is 0 Å². The second kappa shape index (κ2) is 6.04. The summed E-state index contributed by atoms with van der Waals surface area (Å²) >= 11 is 0. The minimum atomic E-state index is 0.825. The predicted molar refractivity (Wildman–Crippen MR) is 77.6 cm³/mol. The minimum Gasteiger partial charge on any atom is -0.369 e. The quantitative estimate of drug-likeness (QED) is 0.551. The van der Waals surface area contributed by atoms with Crippen molar-refractivity contribution in [1.29, 1.82) is 0 Å². The molecular weight excluding hydrogens is 208 g/mol. The van der Waals surface area contributed by atoms with Crippen LogP contribution in [0.5, 0.6) is 0 Å². The van der Waals surface area contributed by atoms with E-state index in [0.29, 0.717) is 0 Å². The molecular formula is C15H20N2. The summed E-state index contributed by atoms with van der Waals surface area (Å²) < 4.78 is 0. The molecule has 0 heterocycles. The molecule has 0 saturated carbocycles. The smallest absolute Gasteiger partial charge is 0.0884 e. The third-order valence-corrected chi connectivity index (χ3v) is 2.84. The van der Waals surface area contributed by atoms with Crippen molar-refractivity contribution in [2.45, 2.75) is 13.8 Å². The zero-order valence-corrected chi connectivity index (χ0v) is 10.9. The summed E-state index contributed by atoms with van der Waals surface area (Å²) in [5.41, 5.74) is 4.39. The van der Waals surface area contributed by atoms with E-state index in [4.69, 9.17) is 0 Å². The fourth-order valence-corrected chi connectivity index (χ4v) is 1.79. The van der Waals surface area contributed by atoms with Gasteiger partial charge in [0.25, 0.3) is 0 Å². The zero-order valence-electron chi connectivity index (χ0n) is 10.9. The van der Waals surface area contributed by atoms with Gasteiger partial charge in [-0.3, -0.25) is 4.99 Å². The van der Waals surface area contributed by atoms with E-state index < -0.39 is 0 Å². The van der Waals surface area contributed by atoms with Crippen LogP contribution in [0.3, 0.4) is 0 Å². The fraction of sp³-hybridized carbons (Fsp3) is 0.267. The summed E-state index contributed by atoms with van der Waals surface area (Å²) in [5, 5.41) is 0. The maximum Gasteiger partial charge on any atom is 0.0884 e. The van der Waals surface area contributed by atoms with E-state index in [1.807, 2.05) is 32.1 Å². The van der Waals surface area contributed by atoms with Crippen molar-refractivity contribution in [2.75, 3.05) is 18.5 Å². The van der Waals surface area contributed by atoms with E-state index in [9.17, 15) is 0 Å². The number of hydrogen-bond donors (Lipinski definition) is 0. The number of likely N-dealkylation sites (N-methyl/N-ethyl adjacent to an activating group) is 1. The van der Waals surface area contributed by atoms with Gasteiger partial charge in [0.05, 0.1) is 11.4 Å². The fourth-order valence-electron chi connectivity index (χ4n) is 1.79. The van der Waals surface area contributed by atoms with Crippen molar-refractivity contribution in [3.05, 3.63) is 48.1 Å². The summed E-state index contributed by atoms with van der Waals surface area (Å²) in [7, 11) is 2.05. The van der Waals surface area contributed by atoms with Crippen LogP contribution >= 0.6 is 0 Å². The Bertz CT molecular complexity index is 444. The Labute approximate surface area is 104 Å². The molecule has 1 aromatic carbocycles. The first-order valence-corrected chi connectivity index (χ1v) is 5.69. The molecule has 1 aromatic rings. The highest BCUT2D eigenvalue weighted by Gasteiger charge is 2.08. The summed E-state index contributed by atoms with van der Waals surface area (Å²) in [6.45, 7) is 12.3. The average molecular weight is 228 g/mol. The Morgan fingerprint density at radius 2 is 2.18 bits per heavy atom. The Hall–Kier alpha value is -1.83. The summed E-state index contributed by atoms with van der Waals surface area (Å²) in [5.74, 6) is 0. The lowest BCUT2D eigenvalue weighted by Gasteiger charge is -2.22. The second-order valence-electron chi connectivity index (χ2n) is 4.02. The average Bonchev–Trinajstić information content (AvgIpc) is 2.35. The molecule has 0 aliphatic carbocycles.